The van der Waals surface area contributed by atoms with Crippen LogP contribution in [0.2, 0.25) is 0 Å². The van der Waals surface area contributed by atoms with Crippen LogP contribution in [0.15, 0.2) is 50.5 Å². The Morgan fingerprint density at radius 1 is 1.11 bits per heavy atom. The fourth-order valence-electron chi connectivity index (χ4n) is 3.68. The number of carbonyl (C=O) groups excluding carboxylic acids is 2. The number of likely N-dealkylation sites (tertiary alicyclic amines) is 1. The minimum Gasteiger partial charge on any atom is -0.506 e. The highest BCUT2D eigenvalue weighted by molar-refractivity contribution is 9.11. The standard InChI is InChI=1S/C23H22Br2N4O9/c24-13-7-11(8-14(25)19(13)30)18(23(35)36)29-9-16(21(29)32)27-20(31)17(28-37)10-1-3-12(4-2-10)38-6-5-15(26)22(33)34/h1-4,7-8,15-18,30H,5-6,9,26H2,(H,27,31)(H,33,34)(H,35,36). The molecule has 4 unspecified atom stereocenters. The zero-order chi connectivity index (χ0) is 28.1. The Morgan fingerprint density at radius 3 is 2.21 bits per heavy atom. The van der Waals surface area contributed by atoms with E-state index >= 15 is 0 Å². The van der Waals surface area contributed by atoms with Crippen LogP contribution in [-0.4, -0.2) is 69.2 Å². The number of aliphatic carboxylic acids is 2. The lowest BCUT2D eigenvalue weighted by molar-refractivity contribution is -0.160. The molecule has 0 radical (unpaired) electrons. The van der Waals surface area contributed by atoms with Crippen molar-refractivity contribution in [3.8, 4) is 11.5 Å². The molecule has 2 aromatic carbocycles. The number of ether oxygens (including phenoxy) is 1. The van der Waals surface area contributed by atoms with Gasteiger partial charge in [-0.2, -0.15) is 0 Å². The number of rotatable bonds is 12. The SMILES string of the molecule is NC(CCOc1ccc(C(N=O)C(=O)NC2CN(C(C(=O)O)c3cc(Br)c(O)c(Br)c3)C2=O)cc1)C(=O)O. The zero-order valence-corrected chi connectivity index (χ0v) is 22.6. The number of carbonyl (C=O) groups is 4. The predicted octanol–water partition coefficient (Wildman–Crippen LogP) is 2.06. The summed E-state index contributed by atoms with van der Waals surface area (Å²) in [5, 5.41) is 33.7. The number of nitrogens with two attached hydrogens (primary N) is 1. The molecule has 1 heterocycles. The molecule has 38 heavy (non-hydrogen) atoms. The molecule has 2 aromatic rings. The van der Waals surface area contributed by atoms with Gasteiger partial charge >= 0.3 is 11.9 Å². The second-order valence-corrected chi connectivity index (χ2v) is 9.99. The van der Waals surface area contributed by atoms with Crippen molar-refractivity contribution in [2.45, 2.75) is 30.6 Å². The molecule has 0 aromatic heterocycles. The molecule has 1 saturated heterocycles. The van der Waals surface area contributed by atoms with Crippen LogP contribution in [0.3, 0.4) is 0 Å². The van der Waals surface area contributed by atoms with Crippen LogP contribution in [0, 0.1) is 4.91 Å². The lowest BCUT2D eigenvalue weighted by Crippen LogP contribution is -2.65. The summed E-state index contributed by atoms with van der Waals surface area (Å²) in [6.45, 7) is -0.0905. The first-order valence-electron chi connectivity index (χ1n) is 11.0. The summed E-state index contributed by atoms with van der Waals surface area (Å²) in [6, 6.07) is 3.55. The van der Waals surface area contributed by atoms with Gasteiger partial charge in [0.05, 0.1) is 22.1 Å². The molecule has 13 nitrogen and oxygen atoms in total. The first-order valence-corrected chi connectivity index (χ1v) is 12.6. The van der Waals surface area contributed by atoms with Crippen LogP contribution >= 0.6 is 31.9 Å². The first-order chi connectivity index (χ1) is 17.9. The number of carboxylic acids is 2. The van der Waals surface area contributed by atoms with Crippen molar-refractivity contribution >= 4 is 55.6 Å². The topological polar surface area (TPSA) is 209 Å². The number of benzene rings is 2. The van der Waals surface area contributed by atoms with Gasteiger partial charge in [-0.3, -0.25) is 14.4 Å². The fourth-order valence-corrected chi connectivity index (χ4v) is 4.90. The highest BCUT2D eigenvalue weighted by Gasteiger charge is 2.46. The smallest absolute Gasteiger partial charge is 0.331 e. The van der Waals surface area contributed by atoms with Crippen LogP contribution in [0.1, 0.15) is 29.6 Å². The second kappa shape index (κ2) is 12.3. The molecule has 0 saturated carbocycles. The number of phenolic OH excluding ortho intramolecular Hbond substituents is 1. The molecular weight excluding hydrogens is 636 g/mol. The summed E-state index contributed by atoms with van der Waals surface area (Å²) in [5.74, 6) is -3.75. The van der Waals surface area contributed by atoms with Crippen molar-refractivity contribution in [3.05, 3.63) is 61.4 Å². The summed E-state index contributed by atoms with van der Waals surface area (Å²) in [6.07, 6.45) is 0.0778. The summed E-state index contributed by atoms with van der Waals surface area (Å²) in [4.78, 5) is 60.6. The lowest BCUT2D eigenvalue weighted by Gasteiger charge is -2.42. The van der Waals surface area contributed by atoms with Crippen molar-refractivity contribution in [1.29, 1.82) is 0 Å². The maximum Gasteiger partial charge on any atom is 0.331 e. The molecule has 4 atom stereocenters. The minimum atomic E-state index is -1.48. The largest absolute Gasteiger partial charge is 0.506 e. The maximum absolute atomic E-state index is 12.7. The third kappa shape index (κ3) is 6.46. The van der Waals surface area contributed by atoms with Crippen LogP contribution in [-0.2, 0) is 19.2 Å². The average Bonchev–Trinajstić information content (AvgIpc) is 2.87. The molecule has 6 N–H and O–H groups in total. The van der Waals surface area contributed by atoms with E-state index in [4.69, 9.17) is 15.6 Å². The highest BCUT2D eigenvalue weighted by Crippen LogP contribution is 2.38. The van der Waals surface area contributed by atoms with Crippen molar-refractivity contribution in [2.75, 3.05) is 13.2 Å². The normalized spacial score (nSPS) is 17.1. The second-order valence-electron chi connectivity index (χ2n) is 8.28. The number of halogens is 2. The van der Waals surface area contributed by atoms with Gasteiger partial charge in [0.1, 0.15) is 23.6 Å². The van der Waals surface area contributed by atoms with Gasteiger partial charge in [-0.15, -0.1) is 4.91 Å². The summed E-state index contributed by atoms with van der Waals surface area (Å²) < 4.78 is 5.86. The molecule has 202 valence electrons. The van der Waals surface area contributed by atoms with E-state index in [0.717, 1.165) is 4.90 Å². The van der Waals surface area contributed by atoms with Crippen molar-refractivity contribution < 1.29 is 39.2 Å². The first kappa shape index (κ1) is 29.0. The summed E-state index contributed by atoms with van der Waals surface area (Å²) >= 11 is 6.26. The number of hydrogen-bond donors (Lipinski definition) is 5. The van der Waals surface area contributed by atoms with Crippen LogP contribution < -0.4 is 15.8 Å². The minimum absolute atomic E-state index is 0.0400. The van der Waals surface area contributed by atoms with Gasteiger partial charge in [-0.25, -0.2) is 4.79 Å². The summed E-state index contributed by atoms with van der Waals surface area (Å²) in [5.41, 5.74) is 5.84. The monoisotopic (exact) mass is 656 g/mol. The van der Waals surface area contributed by atoms with Crippen LogP contribution in [0.4, 0.5) is 0 Å². The lowest BCUT2D eigenvalue weighted by atomic mass is 9.97. The average molecular weight is 658 g/mol. The van der Waals surface area contributed by atoms with E-state index in [1.807, 2.05) is 0 Å². The number of β-lactam (4-membered cyclic amide) rings is 1. The third-order valence-corrected chi connectivity index (χ3v) is 6.95. The number of nitroso groups, excluding NO2 is 1. The Hall–Kier alpha value is -3.56. The number of phenols is 1. The molecule has 0 bridgehead atoms. The van der Waals surface area contributed by atoms with Crippen molar-refractivity contribution in [2.24, 2.45) is 10.9 Å². The molecule has 3 rings (SSSR count). The van der Waals surface area contributed by atoms with Crippen molar-refractivity contribution in [1.82, 2.24) is 10.2 Å². The number of nitrogens with one attached hydrogen (secondary N) is 1. The Kier molecular flexibility index (Phi) is 9.40. The Morgan fingerprint density at radius 2 is 1.71 bits per heavy atom. The molecule has 2 amide bonds. The molecule has 0 spiro atoms. The number of nitrogens with zero attached hydrogens (tertiary/aromatic N) is 2. The van der Waals surface area contributed by atoms with E-state index in [9.17, 15) is 34.3 Å². The van der Waals surface area contributed by atoms with E-state index in [2.05, 4.69) is 42.4 Å². The predicted molar refractivity (Wildman–Crippen MR) is 138 cm³/mol. The Balaban J connectivity index is 1.62. The van der Waals surface area contributed by atoms with Crippen LogP contribution in [0.25, 0.3) is 0 Å². The van der Waals surface area contributed by atoms with E-state index < -0.39 is 47.9 Å². The van der Waals surface area contributed by atoms with Crippen molar-refractivity contribution in [3.63, 3.8) is 0 Å². The Bertz CT molecular complexity index is 1230. The molecule has 0 aliphatic carbocycles. The number of aromatic hydroxyl groups is 1. The summed E-state index contributed by atoms with van der Waals surface area (Å²) in [7, 11) is 0. The molecule has 15 heteroatoms. The Labute approximate surface area is 232 Å². The number of amides is 2. The quantitative estimate of drug-likeness (QED) is 0.166. The fraction of sp³-hybridized carbons (Fsp3) is 0.304. The van der Waals surface area contributed by atoms with Crippen LogP contribution in [0.5, 0.6) is 11.5 Å². The molecular formula is C23H22Br2N4O9. The maximum atomic E-state index is 12.7. The van der Waals surface area contributed by atoms with Gasteiger partial charge in [-0.05, 0) is 67.3 Å². The van der Waals surface area contributed by atoms with E-state index in [0.29, 0.717) is 5.75 Å². The van der Waals surface area contributed by atoms with E-state index in [1.54, 1.807) is 0 Å². The van der Waals surface area contributed by atoms with Gasteiger partial charge in [0.2, 0.25) is 5.91 Å². The number of carboxylic acid groups (broad SMARTS) is 2. The van der Waals surface area contributed by atoms with Gasteiger partial charge < -0.3 is 36.0 Å². The van der Waals surface area contributed by atoms with Gasteiger partial charge in [-0.1, -0.05) is 17.3 Å². The van der Waals surface area contributed by atoms with E-state index in [-0.39, 0.29) is 45.4 Å². The molecule has 1 aliphatic rings. The third-order valence-electron chi connectivity index (χ3n) is 5.74. The molecule has 1 aliphatic heterocycles. The molecule has 1 fully saturated rings. The van der Waals surface area contributed by atoms with Gasteiger partial charge in [0.25, 0.3) is 5.91 Å². The highest BCUT2D eigenvalue weighted by atomic mass is 79.9. The van der Waals surface area contributed by atoms with Gasteiger partial charge in [0, 0.05) is 6.42 Å². The zero-order valence-electron chi connectivity index (χ0n) is 19.4. The van der Waals surface area contributed by atoms with E-state index in [1.165, 1.54) is 36.4 Å². The number of hydrogen-bond acceptors (Lipinski definition) is 9. The van der Waals surface area contributed by atoms with Gasteiger partial charge in [0.15, 0.2) is 12.1 Å².